The molecule has 0 aliphatic heterocycles. The van der Waals surface area contributed by atoms with Gasteiger partial charge >= 0.3 is 6.03 Å². The Labute approximate surface area is 165 Å². The number of hydrogen-bond donors (Lipinski definition) is 1. The van der Waals surface area contributed by atoms with Crippen molar-refractivity contribution in [1.82, 2.24) is 9.97 Å². The Morgan fingerprint density at radius 1 is 0.929 bits per heavy atom. The van der Waals surface area contributed by atoms with E-state index in [4.69, 9.17) is 9.97 Å². The van der Waals surface area contributed by atoms with Gasteiger partial charge in [-0.3, -0.25) is 4.90 Å². The first kappa shape index (κ1) is 16.6. The average Bonchev–Trinajstić information content (AvgIpc) is 3.09. The second-order valence-corrected chi connectivity index (χ2v) is 7.53. The lowest BCUT2D eigenvalue weighted by Gasteiger charge is -2.18. The number of amides is 2. The van der Waals surface area contributed by atoms with E-state index in [0.717, 1.165) is 42.8 Å². The fourth-order valence-corrected chi connectivity index (χ4v) is 4.20. The molecule has 0 fully saturated rings. The van der Waals surface area contributed by atoms with E-state index in [9.17, 15) is 4.79 Å². The molecule has 5 rings (SSSR count). The van der Waals surface area contributed by atoms with E-state index in [0.29, 0.717) is 0 Å². The third-order valence-corrected chi connectivity index (χ3v) is 5.73. The highest BCUT2D eigenvalue weighted by molar-refractivity contribution is 7.25. The smallest absolute Gasteiger partial charge is 0.308 e. The van der Waals surface area contributed by atoms with Gasteiger partial charge in [0.15, 0.2) is 0 Å². The molecule has 1 N–H and O–H groups in total. The molecule has 136 valence electrons. The predicted molar refractivity (Wildman–Crippen MR) is 116 cm³/mol. The number of hydrogen-bond acceptors (Lipinski definition) is 4. The van der Waals surface area contributed by atoms with Gasteiger partial charge in [0, 0.05) is 28.5 Å². The number of para-hydroxylation sites is 3. The normalized spacial score (nSPS) is 11.2. The molecule has 2 heterocycles. The lowest BCUT2D eigenvalue weighted by atomic mass is 10.2. The van der Waals surface area contributed by atoms with Gasteiger partial charge < -0.3 is 5.32 Å². The van der Waals surface area contributed by atoms with Crippen molar-refractivity contribution in [2.24, 2.45) is 0 Å². The molecule has 0 radical (unpaired) electrons. The first-order valence-corrected chi connectivity index (χ1v) is 9.69. The van der Waals surface area contributed by atoms with Gasteiger partial charge in [-0.05, 0) is 42.5 Å². The predicted octanol–water partition coefficient (Wildman–Crippen LogP) is 5.67. The highest BCUT2D eigenvalue weighted by atomic mass is 32.1. The molecule has 0 aliphatic rings. The lowest BCUT2D eigenvalue weighted by molar-refractivity contribution is 0.258. The van der Waals surface area contributed by atoms with Crippen molar-refractivity contribution in [1.29, 1.82) is 0 Å². The van der Waals surface area contributed by atoms with Crippen molar-refractivity contribution in [3.05, 3.63) is 72.8 Å². The minimum atomic E-state index is -0.193. The Morgan fingerprint density at radius 3 is 2.43 bits per heavy atom. The molecular formula is C22H16N4OS. The highest BCUT2D eigenvalue weighted by Gasteiger charge is 2.13. The van der Waals surface area contributed by atoms with Crippen LogP contribution in [0.4, 0.5) is 16.2 Å². The molecule has 2 amide bonds. The van der Waals surface area contributed by atoms with Crippen LogP contribution in [-0.4, -0.2) is 23.0 Å². The largest absolute Gasteiger partial charge is 0.326 e. The Hall–Kier alpha value is -3.51. The molecule has 2 aromatic heterocycles. The minimum Gasteiger partial charge on any atom is -0.308 e. The maximum absolute atomic E-state index is 12.6. The highest BCUT2D eigenvalue weighted by Crippen LogP contribution is 2.34. The van der Waals surface area contributed by atoms with Gasteiger partial charge in [0.1, 0.15) is 10.3 Å². The monoisotopic (exact) mass is 384 g/mol. The third kappa shape index (κ3) is 2.84. The summed E-state index contributed by atoms with van der Waals surface area (Å²) in [5, 5.41) is 3.97. The zero-order valence-electron chi connectivity index (χ0n) is 15.1. The van der Waals surface area contributed by atoms with E-state index in [-0.39, 0.29) is 6.03 Å². The van der Waals surface area contributed by atoms with Crippen LogP contribution in [0.3, 0.4) is 0 Å². The van der Waals surface area contributed by atoms with Gasteiger partial charge in [0.25, 0.3) is 0 Å². The average molecular weight is 384 g/mol. The number of rotatable bonds is 2. The van der Waals surface area contributed by atoms with Gasteiger partial charge in [-0.15, -0.1) is 11.3 Å². The molecule has 6 heteroatoms. The summed E-state index contributed by atoms with van der Waals surface area (Å²) < 4.78 is 1.10. The van der Waals surface area contributed by atoms with Gasteiger partial charge in [0.2, 0.25) is 0 Å². The van der Waals surface area contributed by atoms with Gasteiger partial charge in [-0.1, -0.05) is 30.3 Å². The summed E-state index contributed by atoms with van der Waals surface area (Å²) in [7, 11) is 1.75. The van der Waals surface area contributed by atoms with Crippen molar-refractivity contribution in [2.45, 2.75) is 0 Å². The van der Waals surface area contributed by atoms with Crippen LogP contribution in [0.5, 0.6) is 0 Å². The third-order valence-electron chi connectivity index (χ3n) is 4.68. The lowest BCUT2D eigenvalue weighted by Crippen LogP contribution is -2.31. The first-order chi connectivity index (χ1) is 13.7. The molecule has 0 aliphatic carbocycles. The van der Waals surface area contributed by atoms with E-state index in [1.54, 1.807) is 23.3 Å². The Balaban J connectivity index is 1.52. The van der Waals surface area contributed by atoms with E-state index in [2.05, 4.69) is 5.32 Å². The molecule has 0 spiro atoms. The topological polar surface area (TPSA) is 58.1 Å². The van der Waals surface area contributed by atoms with Crippen LogP contribution < -0.4 is 10.2 Å². The molecule has 0 bridgehead atoms. The summed E-state index contributed by atoms with van der Waals surface area (Å²) in [5.41, 5.74) is 4.19. The van der Waals surface area contributed by atoms with Crippen LogP contribution in [0.2, 0.25) is 0 Å². The van der Waals surface area contributed by atoms with E-state index >= 15 is 0 Å². The van der Waals surface area contributed by atoms with Gasteiger partial charge in [-0.2, -0.15) is 0 Å². The molecule has 0 saturated heterocycles. The van der Waals surface area contributed by atoms with E-state index in [1.807, 2.05) is 72.8 Å². The maximum Gasteiger partial charge on any atom is 0.326 e. The summed E-state index contributed by atoms with van der Waals surface area (Å²) in [4.78, 5) is 24.6. The van der Waals surface area contributed by atoms with Crippen molar-refractivity contribution in [2.75, 3.05) is 17.3 Å². The number of thiophene rings is 1. The van der Waals surface area contributed by atoms with Crippen molar-refractivity contribution < 1.29 is 4.79 Å². The van der Waals surface area contributed by atoms with Crippen LogP contribution in [-0.2, 0) is 0 Å². The molecule has 28 heavy (non-hydrogen) atoms. The van der Waals surface area contributed by atoms with Crippen LogP contribution in [0, 0.1) is 0 Å². The van der Waals surface area contributed by atoms with Crippen LogP contribution in [0.15, 0.2) is 72.8 Å². The van der Waals surface area contributed by atoms with Crippen molar-refractivity contribution in [3.8, 4) is 0 Å². The van der Waals surface area contributed by atoms with E-state index in [1.165, 1.54) is 0 Å². The molecule has 0 atom stereocenters. The standard InChI is InChI=1S/C22H16N4OS/c1-26(15-7-3-2-4-8-15)22(27)23-14-11-12-19-16(13-14)20-21(28-19)25-18-10-6-5-9-17(18)24-20/h2-13H,1H3,(H,23,27). The van der Waals surface area contributed by atoms with Crippen molar-refractivity contribution >= 4 is 60.2 Å². The Kier molecular flexibility index (Phi) is 3.91. The first-order valence-electron chi connectivity index (χ1n) is 8.88. The number of aromatic nitrogens is 2. The van der Waals surface area contributed by atoms with E-state index < -0.39 is 0 Å². The van der Waals surface area contributed by atoms with Crippen LogP contribution >= 0.6 is 11.3 Å². The number of urea groups is 1. The fraction of sp³-hybridized carbons (Fsp3) is 0.0455. The maximum atomic E-state index is 12.6. The second kappa shape index (κ2) is 6.58. The minimum absolute atomic E-state index is 0.193. The van der Waals surface area contributed by atoms with Crippen LogP contribution in [0.25, 0.3) is 31.5 Å². The quantitative estimate of drug-likeness (QED) is 0.427. The van der Waals surface area contributed by atoms with Crippen molar-refractivity contribution in [3.63, 3.8) is 0 Å². The second-order valence-electron chi connectivity index (χ2n) is 6.50. The zero-order chi connectivity index (χ0) is 19.1. The number of benzene rings is 3. The summed E-state index contributed by atoms with van der Waals surface area (Å²) in [6.07, 6.45) is 0. The number of anilines is 2. The summed E-state index contributed by atoms with van der Waals surface area (Å²) in [6, 6.07) is 23.1. The van der Waals surface area contributed by atoms with Gasteiger partial charge in [0.05, 0.1) is 11.0 Å². The van der Waals surface area contributed by atoms with Gasteiger partial charge in [-0.25, -0.2) is 14.8 Å². The Morgan fingerprint density at radius 2 is 1.64 bits per heavy atom. The fourth-order valence-electron chi connectivity index (χ4n) is 3.19. The molecule has 0 saturated carbocycles. The molecular weight excluding hydrogens is 368 g/mol. The molecule has 0 unspecified atom stereocenters. The summed E-state index contributed by atoms with van der Waals surface area (Å²) in [5.74, 6) is 0. The number of nitrogens with one attached hydrogen (secondary N) is 1. The molecule has 3 aromatic carbocycles. The SMILES string of the molecule is CN(C(=O)Nc1ccc2sc3nc4ccccc4nc3c2c1)c1ccccc1. The number of fused-ring (bicyclic) bond motifs is 4. The van der Waals surface area contributed by atoms with Crippen LogP contribution in [0.1, 0.15) is 0 Å². The Bertz CT molecular complexity index is 1330. The number of carbonyl (C=O) groups excluding carboxylic acids is 1. The molecule has 5 nitrogen and oxygen atoms in total. The number of carbonyl (C=O) groups is 1. The summed E-state index contributed by atoms with van der Waals surface area (Å²) in [6.45, 7) is 0. The summed E-state index contributed by atoms with van der Waals surface area (Å²) >= 11 is 1.61. The zero-order valence-corrected chi connectivity index (χ0v) is 15.9. The number of nitrogens with zero attached hydrogens (tertiary/aromatic N) is 3. The molecule has 5 aromatic rings.